The summed E-state index contributed by atoms with van der Waals surface area (Å²) in [6.07, 6.45) is 9.81. The molecule has 3 unspecified atom stereocenters. The predicted octanol–water partition coefficient (Wildman–Crippen LogP) is 3.18. The van der Waals surface area contributed by atoms with E-state index in [0.29, 0.717) is 24.3 Å². The molecule has 0 aromatic carbocycles. The highest BCUT2D eigenvalue weighted by Gasteiger charge is 2.34. The first kappa shape index (κ1) is 15.0. The Morgan fingerprint density at radius 3 is 2.71 bits per heavy atom. The molecule has 2 aliphatic rings. The number of hydrogen-bond donors (Lipinski definition) is 1. The first-order valence-electron chi connectivity index (χ1n) is 8.39. The highest BCUT2D eigenvalue weighted by atomic mass is 16.5. The molecule has 2 fully saturated rings. The van der Waals surface area contributed by atoms with Crippen LogP contribution in [0.2, 0.25) is 0 Å². The van der Waals surface area contributed by atoms with Crippen LogP contribution >= 0.6 is 0 Å². The molecular weight excluding hydrogens is 266 g/mol. The quantitative estimate of drug-likeness (QED) is 0.902. The zero-order valence-corrected chi connectivity index (χ0v) is 13.0. The standard InChI is InChI=1S/C16H27N3O2/c1-20-14(11-6-3-2-4-7-11)15-18-16(21-19-15)13-9-5-8-12(13)10-17/h11-14H,2-10,17H2,1H3. The van der Waals surface area contributed by atoms with Crippen LogP contribution in [0.15, 0.2) is 4.52 Å². The Balaban J connectivity index is 1.73. The van der Waals surface area contributed by atoms with Crippen molar-refractivity contribution < 1.29 is 9.26 Å². The summed E-state index contributed by atoms with van der Waals surface area (Å²) in [6, 6.07) is 0. The lowest BCUT2D eigenvalue weighted by Gasteiger charge is -2.26. The average Bonchev–Trinajstić information content (AvgIpc) is 3.17. The summed E-state index contributed by atoms with van der Waals surface area (Å²) in [5, 5.41) is 4.22. The summed E-state index contributed by atoms with van der Waals surface area (Å²) in [7, 11) is 1.76. The normalized spacial score (nSPS) is 28.9. The zero-order chi connectivity index (χ0) is 14.7. The molecule has 0 radical (unpaired) electrons. The van der Waals surface area contributed by atoms with Gasteiger partial charge in [-0.15, -0.1) is 0 Å². The van der Waals surface area contributed by atoms with E-state index in [-0.39, 0.29) is 6.10 Å². The number of aromatic nitrogens is 2. The molecule has 0 bridgehead atoms. The third-order valence-electron chi connectivity index (χ3n) is 5.32. The monoisotopic (exact) mass is 293 g/mol. The summed E-state index contributed by atoms with van der Waals surface area (Å²) in [5.41, 5.74) is 5.86. The molecule has 0 spiro atoms. The van der Waals surface area contributed by atoms with E-state index in [4.69, 9.17) is 15.0 Å². The first-order chi connectivity index (χ1) is 10.3. The Kier molecular flexibility index (Phi) is 4.91. The molecule has 2 aliphatic carbocycles. The largest absolute Gasteiger partial charge is 0.373 e. The predicted molar refractivity (Wildman–Crippen MR) is 79.8 cm³/mol. The second kappa shape index (κ2) is 6.88. The van der Waals surface area contributed by atoms with Crippen molar-refractivity contribution in [3.8, 4) is 0 Å². The molecule has 1 aromatic heterocycles. The topological polar surface area (TPSA) is 74.2 Å². The Morgan fingerprint density at radius 2 is 2.00 bits per heavy atom. The third-order valence-corrected chi connectivity index (χ3v) is 5.32. The van der Waals surface area contributed by atoms with E-state index in [1.807, 2.05) is 0 Å². The molecule has 3 rings (SSSR count). The number of hydrogen-bond acceptors (Lipinski definition) is 5. The second-order valence-electron chi connectivity index (χ2n) is 6.58. The molecule has 0 aliphatic heterocycles. The van der Waals surface area contributed by atoms with E-state index in [0.717, 1.165) is 18.1 Å². The molecule has 2 N–H and O–H groups in total. The number of nitrogens with two attached hydrogens (primary N) is 1. The van der Waals surface area contributed by atoms with Gasteiger partial charge in [0.05, 0.1) is 0 Å². The van der Waals surface area contributed by atoms with Crippen molar-refractivity contribution in [2.24, 2.45) is 17.6 Å². The highest BCUT2D eigenvalue weighted by Crippen LogP contribution is 2.40. The van der Waals surface area contributed by atoms with Gasteiger partial charge in [0.15, 0.2) is 0 Å². The molecule has 5 nitrogen and oxygen atoms in total. The van der Waals surface area contributed by atoms with Crippen molar-refractivity contribution in [1.29, 1.82) is 0 Å². The van der Waals surface area contributed by atoms with Gasteiger partial charge in [-0.25, -0.2) is 0 Å². The summed E-state index contributed by atoms with van der Waals surface area (Å²) in [4.78, 5) is 4.68. The molecule has 21 heavy (non-hydrogen) atoms. The Morgan fingerprint density at radius 1 is 1.19 bits per heavy atom. The fourth-order valence-electron chi connectivity index (χ4n) is 4.10. The maximum Gasteiger partial charge on any atom is 0.230 e. The average molecular weight is 293 g/mol. The van der Waals surface area contributed by atoms with Crippen LogP contribution in [0.4, 0.5) is 0 Å². The summed E-state index contributed by atoms with van der Waals surface area (Å²) in [6.45, 7) is 0.707. The number of methoxy groups -OCH3 is 1. The van der Waals surface area contributed by atoms with Crippen LogP contribution in [0.25, 0.3) is 0 Å². The fourth-order valence-corrected chi connectivity index (χ4v) is 4.10. The van der Waals surface area contributed by atoms with E-state index in [1.165, 1.54) is 44.9 Å². The van der Waals surface area contributed by atoms with Crippen molar-refractivity contribution in [2.45, 2.75) is 63.4 Å². The van der Waals surface area contributed by atoms with Gasteiger partial charge in [-0.3, -0.25) is 0 Å². The van der Waals surface area contributed by atoms with Crippen LogP contribution < -0.4 is 5.73 Å². The van der Waals surface area contributed by atoms with Crippen LogP contribution in [0, 0.1) is 11.8 Å². The van der Waals surface area contributed by atoms with Gasteiger partial charge < -0.3 is 15.0 Å². The van der Waals surface area contributed by atoms with Gasteiger partial charge in [0.1, 0.15) is 6.10 Å². The molecule has 0 saturated heterocycles. The first-order valence-corrected chi connectivity index (χ1v) is 8.39. The minimum Gasteiger partial charge on any atom is -0.373 e. The number of nitrogens with zero attached hydrogens (tertiary/aromatic N) is 2. The van der Waals surface area contributed by atoms with E-state index < -0.39 is 0 Å². The SMILES string of the molecule is COC(c1noc(C2CCCC2CN)n1)C1CCCCC1. The highest BCUT2D eigenvalue weighted by molar-refractivity contribution is 5.03. The van der Waals surface area contributed by atoms with Crippen LogP contribution in [-0.4, -0.2) is 23.8 Å². The molecular formula is C16H27N3O2. The molecule has 3 atom stereocenters. The molecule has 118 valence electrons. The van der Waals surface area contributed by atoms with Gasteiger partial charge in [0, 0.05) is 13.0 Å². The van der Waals surface area contributed by atoms with E-state index in [1.54, 1.807) is 7.11 Å². The minimum atomic E-state index is -0.0134. The zero-order valence-electron chi connectivity index (χ0n) is 13.0. The van der Waals surface area contributed by atoms with Gasteiger partial charge in [0.25, 0.3) is 0 Å². The third kappa shape index (κ3) is 3.14. The molecule has 0 amide bonds. The lowest BCUT2D eigenvalue weighted by molar-refractivity contribution is 0.0273. The smallest absolute Gasteiger partial charge is 0.230 e. The number of ether oxygens (including phenoxy) is 1. The Labute approximate surface area is 126 Å². The minimum absolute atomic E-state index is 0.0134. The summed E-state index contributed by atoms with van der Waals surface area (Å²) in [5.74, 6) is 2.88. The summed E-state index contributed by atoms with van der Waals surface area (Å²) >= 11 is 0. The van der Waals surface area contributed by atoms with Crippen LogP contribution in [-0.2, 0) is 4.74 Å². The van der Waals surface area contributed by atoms with E-state index >= 15 is 0 Å². The van der Waals surface area contributed by atoms with Gasteiger partial charge in [-0.1, -0.05) is 30.8 Å². The van der Waals surface area contributed by atoms with E-state index in [9.17, 15) is 0 Å². The maximum absolute atomic E-state index is 5.86. The van der Waals surface area contributed by atoms with Gasteiger partial charge in [0.2, 0.25) is 11.7 Å². The van der Waals surface area contributed by atoms with Crippen molar-refractivity contribution in [2.75, 3.05) is 13.7 Å². The second-order valence-corrected chi connectivity index (χ2v) is 6.58. The lowest BCUT2D eigenvalue weighted by atomic mass is 9.85. The van der Waals surface area contributed by atoms with E-state index in [2.05, 4.69) is 10.1 Å². The molecule has 1 heterocycles. The van der Waals surface area contributed by atoms with Gasteiger partial charge in [-0.2, -0.15) is 4.98 Å². The van der Waals surface area contributed by atoms with Crippen molar-refractivity contribution in [3.63, 3.8) is 0 Å². The van der Waals surface area contributed by atoms with Crippen LogP contribution in [0.5, 0.6) is 0 Å². The molecule has 1 aromatic rings. The van der Waals surface area contributed by atoms with Crippen molar-refractivity contribution in [1.82, 2.24) is 10.1 Å². The Bertz CT molecular complexity index is 442. The van der Waals surface area contributed by atoms with Crippen LogP contribution in [0.3, 0.4) is 0 Å². The van der Waals surface area contributed by atoms with Crippen LogP contribution in [0.1, 0.15) is 75.1 Å². The van der Waals surface area contributed by atoms with Gasteiger partial charge >= 0.3 is 0 Å². The lowest BCUT2D eigenvalue weighted by Crippen LogP contribution is -2.20. The van der Waals surface area contributed by atoms with Crippen molar-refractivity contribution >= 4 is 0 Å². The number of rotatable bonds is 5. The fraction of sp³-hybridized carbons (Fsp3) is 0.875. The Hall–Kier alpha value is -0.940. The van der Waals surface area contributed by atoms with Crippen molar-refractivity contribution in [3.05, 3.63) is 11.7 Å². The summed E-state index contributed by atoms with van der Waals surface area (Å²) < 4.78 is 11.3. The maximum atomic E-state index is 5.86. The molecule has 5 heteroatoms. The molecule has 2 saturated carbocycles. The van der Waals surface area contributed by atoms with Gasteiger partial charge in [-0.05, 0) is 44.1 Å².